The molecule has 2 aromatic carbocycles. The molecular formula is C20H20F2N4O3S. The number of aromatic nitrogens is 2. The van der Waals surface area contributed by atoms with E-state index in [-0.39, 0.29) is 18.0 Å². The third kappa shape index (κ3) is 4.25. The largest absolute Gasteiger partial charge is 0.338 e. The molecule has 0 saturated carbocycles. The predicted octanol–water partition coefficient (Wildman–Crippen LogP) is 2.83. The van der Waals surface area contributed by atoms with Gasteiger partial charge >= 0.3 is 0 Å². The first-order valence-electron chi connectivity index (χ1n) is 9.40. The molecule has 3 aromatic rings. The van der Waals surface area contributed by atoms with Crippen LogP contribution in [0.25, 0.3) is 11.4 Å². The molecule has 10 heteroatoms. The Morgan fingerprint density at radius 3 is 2.37 bits per heavy atom. The van der Waals surface area contributed by atoms with E-state index in [4.69, 9.17) is 4.52 Å². The van der Waals surface area contributed by atoms with Gasteiger partial charge in [0, 0.05) is 31.7 Å². The van der Waals surface area contributed by atoms with Gasteiger partial charge < -0.3 is 4.52 Å². The number of hydrogen-bond donors (Lipinski definition) is 0. The van der Waals surface area contributed by atoms with Crippen LogP contribution in [0.2, 0.25) is 0 Å². The first-order chi connectivity index (χ1) is 14.3. The Balaban J connectivity index is 1.38. The summed E-state index contributed by atoms with van der Waals surface area (Å²) in [7, 11) is -3.88. The van der Waals surface area contributed by atoms with Gasteiger partial charge in [-0.05, 0) is 25.1 Å². The van der Waals surface area contributed by atoms with E-state index in [2.05, 4.69) is 10.1 Å². The van der Waals surface area contributed by atoms with E-state index in [0.717, 1.165) is 23.3 Å². The second kappa shape index (κ2) is 8.21. The molecule has 1 aliphatic rings. The molecule has 0 atom stereocenters. The summed E-state index contributed by atoms with van der Waals surface area (Å²) in [5.74, 6) is -1.31. The second-order valence-electron chi connectivity index (χ2n) is 7.13. The summed E-state index contributed by atoms with van der Waals surface area (Å²) in [6.45, 7) is 3.74. The second-order valence-corrected chi connectivity index (χ2v) is 9.07. The SMILES string of the molecule is Cc1ccc(-c2noc(CN3CCN(S(=O)(=O)c4ccc(F)c(F)c4)CC3)n2)cc1. The molecule has 1 aliphatic heterocycles. The van der Waals surface area contributed by atoms with Crippen LogP contribution >= 0.6 is 0 Å². The van der Waals surface area contributed by atoms with Crippen LogP contribution in [0.15, 0.2) is 51.9 Å². The van der Waals surface area contributed by atoms with Crippen LogP contribution in [0.3, 0.4) is 0 Å². The van der Waals surface area contributed by atoms with Gasteiger partial charge in [0.25, 0.3) is 0 Å². The molecule has 0 spiro atoms. The maximum absolute atomic E-state index is 13.4. The van der Waals surface area contributed by atoms with Crippen molar-refractivity contribution in [3.05, 3.63) is 65.6 Å². The molecule has 0 bridgehead atoms. The van der Waals surface area contributed by atoms with Crippen molar-refractivity contribution in [3.8, 4) is 11.4 Å². The summed E-state index contributed by atoms with van der Waals surface area (Å²) in [5.41, 5.74) is 2.00. The van der Waals surface area contributed by atoms with Crippen molar-refractivity contribution in [2.45, 2.75) is 18.4 Å². The Bertz CT molecular complexity index is 1140. The van der Waals surface area contributed by atoms with Crippen LogP contribution in [0.5, 0.6) is 0 Å². The average molecular weight is 434 g/mol. The van der Waals surface area contributed by atoms with Crippen LogP contribution in [-0.4, -0.2) is 53.9 Å². The summed E-state index contributed by atoms with van der Waals surface area (Å²) < 4.78 is 58.5. The Morgan fingerprint density at radius 2 is 1.70 bits per heavy atom. The lowest BCUT2D eigenvalue weighted by atomic mass is 10.1. The standard InChI is InChI=1S/C20H20F2N4O3S/c1-14-2-4-15(5-3-14)20-23-19(29-24-20)13-25-8-10-26(11-9-25)30(27,28)16-6-7-17(21)18(22)12-16/h2-7,12H,8-11,13H2,1H3. The molecule has 0 amide bonds. The van der Waals surface area contributed by atoms with Crippen LogP contribution in [0, 0.1) is 18.6 Å². The number of rotatable bonds is 5. The Morgan fingerprint density at radius 1 is 1.00 bits per heavy atom. The molecule has 1 aromatic heterocycles. The fourth-order valence-electron chi connectivity index (χ4n) is 3.24. The van der Waals surface area contributed by atoms with Crippen LogP contribution in [0.1, 0.15) is 11.5 Å². The summed E-state index contributed by atoms with van der Waals surface area (Å²) in [5, 5.41) is 4.01. The monoisotopic (exact) mass is 434 g/mol. The molecule has 1 fully saturated rings. The Hall–Kier alpha value is -2.69. The molecule has 0 N–H and O–H groups in total. The van der Waals surface area contributed by atoms with Gasteiger partial charge in [0.1, 0.15) is 0 Å². The maximum atomic E-state index is 13.4. The van der Waals surface area contributed by atoms with Gasteiger partial charge in [-0.3, -0.25) is 4.90 Å². The van der Waals surface area contributed by atoms with Gasteiger partial charge in [0.15, 0.2) is 11.6 Å². The number of halogens is 2. The molecular weight excluding hydrogens is 414 g/mol. The number of nitrogens with zero attached hydrogens (tertiary/aromatic N) is 4. The zero-order valence-electron chi connectivity index (χ0n) is 16.3. The highest BCUT2D eigenvalue weighted by Crippen LogP contribution is 2.21. The van der Waals surface area contributed by atoms with E-state index >= 15 is 0 Å². The minimum atomic E-state index is -3.88. The zero-order valence-corrected chi connectivity index (χ0v) is 17.1. The predicted molar refractivity (Wildman–Crippen MR) is 105 cm³/mol. The van der Waals surface area contributed by atoms with Crippen molar-refractivity contribution in [3.63, 3.8) is 0 Å². The highest BCUT2D eigenvalue weighted by atomic mass is 32.2. The van der Waals surface area contributed by atoms with Crippen molar-refractivity contribution in [1.29, 1.82) is 0 Å². The Kier molecular flexibility index (Phi) is 5.63. The molecule has 0 unspecified atom stereocenters. The van der Waals surface area contributed by atoms with Gasteiger partial charge in [-0.2, -0.15) is 9.29 Å². The molecule has 0 aliphatic carbocycles. The van der Waals surface area contributed by atoms with E-state index < -0.39 is 21.7 Å². The lowest BCUT2D eigenvalue weighted by Crippen LogP contribution is -2.48. The lowest BCUT2D eigenvalue weighted by molar-refractivity contribution is 0.163. The summed E-state index contributed by atoms with van der Waals surface area (Å²) >= 11 is 0. The molecule has 2 heterocycles. The molecule has 0 radical (unpaired) electrons. The van der Waals surface area contributed by atoms with Crippen molar-refractivity contribution in [1.82, 2.24) is 19.3 Å². The van der Waals surface area contributed by atoms with Crippen molar-refractivity contribution >= 4 is 10.0 Å². The number of hydrogen-bond acceptors (Lipinski definition) is 6. The van der Waals surface area contributed by atoms with E-state index in [0.29, 0.717) is 37.4 Å². The van der Waals surface area contributed by atoms with E-state index in [9.17, 15) is 17.2 Å². The van der Waals surface area contributed by atoms with Crippen LogP contribution in [0.4, 0.5) is 8.78 Å². The van der Waals surface area contributed by atoms with Crippen molar-refractivity contribution in [2.24, 2.45) is 0 Å². The van der Waals surface area contributed by atoms with Crippen molar-refractivity contribution in [2.75, 3.05) is 26.2 Å². The van der Waals surface area contributed by atoms with Crippen LogP contribution in [-0.2, 0) is 16.6 Å². The van der Waals surface area contributed by atoms with E-state index in [1.807, 2.05) is 36.1 Å². The molecule has 7 nitrogen and oxygen atoms in total. The topological polar surface area (TPSA) is 79.5 Å². The van der Waals surface area contributed by atoms with Gasteiger partial charge in [-0.25, -0.2) is 17.2 Å². The number of piperazine rings is 1. The van der Waals surface area contributed by atoms with Crippen molar-refractivity contribution < 1.29 is 21.7 Å². The smallest absolute Gasteiger partial charge is 0.243 e. The fourth-order valence-corrected chi connectivity index (χ4v) is 4.68. The normalized spacial score (nSPS) is 16.1. The summed E-state index contributed by atoms with van der Waals surface area (Å²) in [6, 6.07) is 10.4. The summed E-state index contributed by atoms with van der Waals surface area (Å²) in [6.07, 6.45) is 0. The quantitative estimate of drug-likeness (QED) is 0.615. The van der Waals surface area contributed by atoms with Crippen LogP contribution < -0.4 is 0 Å². The molecule has 30 heavy (non-hydrogen) atoms. The lowest BCUT2D eigenvalue weighted by Gasteiger charge is -2.33. The van der Waals surface area contributed by atoms with Gasteiger partial charge in [0.2, 0.25) is 21.7 Å². The number of sulfonamides is 1. The zero-order chi connectivity index (χ0) is 21.3. The molecule has 4 rings (SSSR count). The highest BCUT2D eigenvalue weighted by Gasteiger charge is 2.29. The highest BCUT2D eigenvalue weighted by molar-refractivity contribution is 7.89. The minimum Gasteiger partial charge on any atom is -0.338 e. The Labute approximate surface area is 173 Å². The number of aryl methyl sites for hydroxylation is 1. The summed E-state index contributed by atoms with van der Waals surface area (Å²) in [4.78, 5) is 6.16. The first-order valence-corrected chi connectivity index (χ1v) is 10.8. The maximum Gasteiger partial charge on any atom is 0.243 e. The minimum absolute atomic E-state index is 0.223. The third-order valence-corrected chi connectivity index (χ3v) is 6.89. The third-order valence-electron chi connectivity index (χ3n) is 5.00. The van der Waals surface area contributed by atoms with E-state index in [1.165, 1.54) is 4.31 Å². The van der Waals surface area contributed by atoms with E-state index in [1.54, 1.807) is 0 Å². The van der Waals surface area contributed by atoms with Gasteiger partial charge in [-0.1, -0.05) is 35.0 Å². The molecule has 158 valence electrons. The number of benzene rings is 2. The average Bonchev–Trinajstić information content (AvgIpc) is 3.19. The first kappa shape index (κ1) is 20.6. The van der Waals surface area contributed by atoms with Gasteiger partial charge in [0.05, 0.1) is 11.4 Å². The van der Waals surface area contributed by atoms with Gasteiger partial charge in [-0.15, -0.1) is 0 Å². The molecule has 1 saturated heterocycles. The fraction of sp³-hybridized carbons (Fsp3) is 0.300.